The lowest BCUT2D eigenvalue weighted by atomic mass is 10.3. The maximum Gasteiger partial charge on any atom is 0.314 e. The van der Waals surface area contributed by atoms with E-state index in [9.17, 15) is 4.79 Å². The van der Waals surface area contributed by atoms with Crippen molar-refractivity contribution in [1.29, 1.82) is 0 Å². The van der Waals surface area contributed by atoms with E-state index in [2.05, 4.69) is 15.6 Å². The lowest BCUT2D eigenvalue weighted by Gasteiger charge is -2.13. The van der Waals surface area contributed by atoms with Gasteiger partial charge in [0.1, 0.15) is 0 Å². The molecule has 1 unspecified atom stereocenters. The number of carbonyl (C=O) groups is 1. The minimum absolute atomic E-state index is 0.0918. The van der Waals surface area contributed by atoms with Crippen molar-refractivity contribution in [3.05, 3.63) is 18.7 Å². The fourth-order valence-corrected chi connectivity index (χ4v) is 1.05. The highest BCUT2D eigenvalue weighted by molar-refractivity contribution is 5.73. The molecule has 1 aromatic heterocycles. The van der Waals surface area contributed by atoms with E-state index in [1.807, 2.05) is 17.7 Å². The third-order valence-electron chi connectivity index (χ3n) is 1.65. The summed E-state index contributed by atoms with van der Waals surface area (Å²) < 4.78 is 1.92. The predicted octanol–water partition coefficient (Wildman–Crippen LogP) is 0.201. The first-order valence-corrected chi connectivity index (χ1v) is 4.16. The van der Waals surface area contributed by atoms with E-state index >= 15 is 0 Å². The van der Waals surface area contributed by atoms with Gasteiger partial charge in [-0.1, -0.05) is 0 Å². The van der Waals surface area contributed by atoms with E-state index in [0.717, 1.165) is 6.54 Å². The lowest BCUT2D eigenvalue weighted by Crippen LogP contribution is -2.40. The summed E-state index contributed by atoms with van der Waals surface area (Å²) in [5.41, 5.74) is 0. The Morgan fingerprint density at radius 1 is 1.69 bits per heavy atom. The van der Waals surface area contributed by atoms with Crippen molar-refractivity contribution in [2.45, 2.75) is 19.5 Å². The molecule has 0 saturated carbocycles. The molecule has 1 heterocycles. The van der Waals surface area contributed by atoms with Crippen LogP contribution in [0.15, 0.2) is 18.7 Å². The Balaban J connectivity index is 2.33. The van der Waals surface area contributed by atoms with Crippen LogP contribution in [0.1, 0.15) is 6.92 Å². The van der Waals surface area contributed by atoms with Crippen molar-refractivity contribution < 1.29 is 4.79 Å². The molecule has 0 spiro atoms. The maximum atomic E-state index is 10.9. The summed E-state index contributed by atoms with van der Waals surface area (Å²) in [7, 11) is 1.60. The average molecular weight is 182 g/mol. The third kappa shape index (κ3) is 3.14. The van der Waals surface area contributed by atoms with Crippen LogP contribution >= 0.6 is 0 Å². The Labute approximate surface area is 77.2 Å². The molecular formula is C8H14N4O. The van der Waals surface area contributed by atoms with Gasteiger partial charge in [0, 0.05) is 32.0 Å². The van der Waals surface area contributed by atoms with Crippen molar-refractivity contribution in [3.63, 3.8) is 0 Å². The van der Waals surface area contributed by atoms with Crippen molar-refractivity contribution in [2.75, 3.05) is 7.05 Å². The first kappa shape index (κ1) is 9.57. The topological polar surface area (TPSA) is 59.0 Å². The quantitative estimate of drug-likeness (QED) is 0.701. The van der Waals surface area contributed by atoms with Crippen molar-refractivity contribution in [3.8, 4) is 0 Å². The van der Waals surface area contributed by atoms with Gasteiger partial charge >= 0.3 is 6.03 Å². The molecule has 5 nitrogen and oxygen atoms in total. The fourth-order valence-electron chi connectivity index (χ4n) is 1.05. The summed E-state index contributed by atoms with van der Waals surface area (Å²) in [6, 6.07) is -0.0678. The van der Waals surface area contributed by atoms with Crippen LogP contribution in [0, 0.1) is 0 Å². The molecule has 0 aliphatic carbocycles. The average Bonchev–Trinajstić information content (AvgIpc) is 2.56. The van der Waals surface area contributed by atoms with Gasteiger partial charge in [-0.25, -0.2) is 9.78 Å². The van der Waals surface area contributed by atoms with E-state index in [-0.39, 0.29) is 12.1 Å². The summed E-state index contributed by atoms with van der Waals surface area (Å²) in [5.74, 6) is 0. The molecule has 0 aromatic carbocycles. The van der Waals surface area contributed by atoms with Crippen molar-refractivity contribution in [2.24, 2.45) is 0 Å². The summed E-state index contributed by atoms with van der Waals surface area (Å²) in [5, 5.41) is 5.27. The number of carbonyl (C=O) groups excluding carboxylic acids is 1. The van der Waals surface area contributed by atoms with Crippen LogP contribution in [0.2, 0.25) is 0 Å². The second kappa shape index (κ2) is 4.49. The van der Waals surface area contributed by atoms with E-state index < -0.39 is 0 Å². The zero-order valence-corrected chi connectivity index (χ0v) is 7.82. The summed E-state index contributed by atoms with van der Waals surface area (Å²) in [4.78, 5) is 14.8. The highest BCUT2D eigenvalue weighted by Gasteiger charge is 2.04. The Morgan fingerprint density at radius 3 is 3.00 bits per heavy atom. The van der Waals surface area contributed by atoms with Crippen molar-refractivity contribution in [1.82, 2.24) is 20.2 Å². The van der Waals surface area contributed by atoms with Gasteiger partial charge in [-0.15, -0.1) is 0 Å². The fraction of sp³-hybridized carbons (Fsp3) is 0.500. The number of hydrogen-bond acceptors (Lipinski definition) is 2. The van der Waals surface area contributed by atoms with Crippen LogP contribution in [0.3, 0.4) is 0 Å². The van der Waals surface area contributed by atoms with Crippen molar-refractivity contribution >= 4 is 6.03 Å². The van der Waals surface area contributed by atoms with E-state index in [1.54, 1.807) is 19.6 Å². The molecule has 0 fully saturated rings. The predicted molar refractivity (Wildman–Crippen MR) is 49.3 cm³/mol. The summed E-state index contributed by atoms with van der Waals surface area (Å²) in [6.07, 6.45) is 5.30. The zero-order chi connectivity index (χ0) is 9.68. The molecule has 2 amide bonds. The first-order valence-electron chi connectivity index (χ1n) is 4.16. The van der Waals surface area contributed by atoms with Gasteiger partial charge in [0.2, 0.25) is 0 Å². The summed E-state index contributed by atoms with van der Waals surface area (Å²) >= 11 is 0. The van der Waals surface area contributed by atoms with Gasteiger partial charge in [-0.3, -0.25) is 0 Å². The Kier molecular flexibility index (Phi) is 3.31. The van der Waals surface area contributed by atoms with E-state index in [0.29, 0.717) is 0 Å². The van der Waals surface area contributed by atoms with Gasteiger partial charge < -0.3 is 15.2 Å². The molecule has 0 radical (unpaired) electrons. The molecule has 1 aromatic rings. The number of nitrogens with zero attached hydrogens (tertiary/aromatic N) is 2. The number of amides is 2. The Morgan fingerprint density at radius 2 is 2.46 bits per heavy atom. The maximum absolute atomic E-state index is 10.9. The second-order valence-corrected chi connectivity index (χ2v) is 2.88. The minimum Gasteiger partial charge on any atom is -0.341 e. The largest absolute Gasteiger partial charge is 0.341 e. The number of nitrogens with one attached hydrogen (secondary N) is 2. The molecule has 13 heavy (non-hydrogen) atoms. The molecule has 0 saturated heterocycles. The molecular weight excluding hydrogens is 168 g/mol. The van der Waals surface area contributed by atoms with E-state index in [4.69, 9.17) is 0 Å². The number of hydrogen-bond donors (Lipinski definition) is 2. The standard InChI is InChI=1S/C8H14N4O/c1-7(11-8(13)9-2)5-12-4-3-10-6-12/h3-4,6-7H,5H2,1-2H3,(H2,9,11,13). The third-order valence-corrected chi connectivity index (χ3v) is 1.65. The number of rotatable bonds is 3. The van der Waals surface area contributed by atoms with Gasteiger partial charge in [-0.05, 0) is 6.92 Å². The molecule has 0 bridgehead atoms. The molecule has 0 aliphatic heterocycles. The molecule has 5 heteroatoms. The van der Waals surface area contributed by atoms with E-state index in [1.165, 1.54) is 0 Å². The number of imidazole rings is 1. The Hall–Kier alpha value is -1.52. The lowest BCUT2D eigenvalue weighted by molar-refractivity contribution is 0.238. The number of urea groups is 1. The molecule has 72 valence electrons. The monoisotopic (exact) mass is 182 g/mol. The van der Waals surface area contributed by atoms with Crippen LogP contribution in [0.25, 0.3) is 0 Å². The smallest absolute Gasteiger partial charge is 0.314 e. The van der Waals surface area contributed by atoms with Crippen LogP contribution in [-0.4, -0.2) is 28.7 Å². The van der Waals surface area contributed by atoms with Crippen LogP contribution < -0.4 is 10.6 Å². The Bertz CT molecular complexity index is 257. The second-order valence-electron chi connectivity index (χ2n) is 2.88. The highest BCUT2D eigenvalue weighted by Crippen LogP contribution is 1.90. The van der Waals surface area contributed by atoms with Gasteiger partial charge in [-0.2, -0.15) is 0 Å². The molecule has 1 atom stereocenters. The molecule has 2 N–H and O–H groups in total. The first-order chi connectivity index (χ1) is 6.22. The normalized spacial score (nSPS) is 12.2. The van der Waals surface area contributed by atoms with Gasteiger partial charge in [0.25, 0.3) is 0 Å². The van der Waals surface area contributed by atoms with Gasteiger partial charge in [0.15, 0.2) is 0 Å². The van der Waals surface area contributed by atoms with Crippen LogP contribution in [-0.2, 0) is 6.54 Å². The zero-order valence-electron chi connectivity index (χ0n) is 7.82. The highest BCUT2D eigenvalue weighted by atomic mass is 16.2. The van der Waals surface area contributed by atoms with Gasteiger partial charge in [0.05, 0.1) is 6.33 Å². The molecule has 1 rings (SSSR count). The number of aromatic nitrogens is 2. The van der Waals surface area contributed by atoms with Crippen LogP contribution in [0.5, 0.6) is 0 Å². The van der Waals surface area contributed by atoms with Crippen LogP contribution in [0.4, 0.5) is 4.79 Å². The molecule has 0 aliphatic rings. The SMILES string of the molecule is CNC(=O)NC(C)Cn1ccnc1. The summed E-state index contributed by atoms with van der Waals surface area (Å²) in [6.45, 7) is 2.67. The minimum atomic E-state index is -0.160.